The first kappa shape index (κ1) is 13.7. The molecule has 0 amide bonds. The molecular weight excluding hydrogens is 218 g/mol. The molecule has 0 fully saturated rings. The van der Waals surface area contributed by atoms with E-state index in [2.05, 4.69) is 5.32 Å². The number of hydrogen-bond donors (Lipinski definition) is 2. The van der Waals surface area contributed by atoms with Crippen LogP contribution in [-0.4, -0.2) is 37.3 Å². The number of hydrogen-bond acceptors (Lipinski definition) is 4. The third-order valence-electron chi connectivity index (χ3n) is 2.51. The SMILES string of the molecule is COCC(CCO)Nc1ccc(C(C)=O)cc1. The summed E-state index contributed by atoms with van der Waals surface area (Å²) in [5.41, 5.74) is 1.62. The quantitative estimate of drug-likeness (QED) is 0.709. The van der Waals surface area contributed by atoms with Crippen LogP contribution in [0, 0.1) is 0 Å². The lowest BCUT2D eigenvalue weighted by atomic mass is 10.1. The summed E-state index contributed by atoms with van der Waals surface area (Å²) in [6.45, 7) is 2.20. The largest absolute Gasteiger partial charge is 0.396 e. The van der Waals surface area contributed by atoms with E-state index in [1.807, 2.05) is 12.1 Å². The lowest BCUT2D eigenvalue weighted by Gasteiger charge is -2.18. The fourth-order valence-electron chi connectivity index (χ4n) is 1.59. The van der Waals surface area contributed by atoms with Crippen LogP contribution in [0.4, 0.5) is 5.69 Å². The molecule has 1 aromatic rings. The smallest absolute Gasteiger partial charge is 0.159 e. The maximum Gasteiger partial charge on any atom is 0.159 e. The molecule has 0 aliphatic carbocycles. The van der Waals surface area contributed by atoms with Gasteiger partial charge in [0.15, 0.2) is 5.78 Å². The van der Waals surface area contributed by atoms with Gasteiger partial charge in [-0.2, -0.15) is 0 Å². The molecular formula is C13H19NO3. The van der Waals surface area contributed by atoms with Crippen LogP contribution in [0.25, 0.3) is 0 Å². The van der Waals surface area contributed by atoms with Crippen LogP contribution in [-0.2, 0) is 4.74 Å². The number of aliphatic hydroxyl groups is 1. The molecule has 0 bridgehead atoms. The summed E-state index contributed by atoms with van der Waals surface area (Å²) in [7, 11) is 1.63. The Morgan fingerprint density at radius 3 is 2.53 bits per heavy atom. The Balaban J connectivity index is 2.62. The maximum absolute atomic E-state index is 11.1. The van der Waals surface area contributed by atoms with E-state index in [4.69, 9.17) is 9.84 Å². The van der Waals surface area contributed by atoms with Gasteiger partial charge in [-0.3, -0.25) is 4.79 Å². The average Bonchev–Trinajstić information content (AvgIpc) is 2.30. The van der Waals surface area contributed by atoms with Crippen LogP contribution >= 0.6 is 0 Å². The molecule has 0 spiro atoms. The first-order chi connectivity index (χ1) is 8.17. The van der Waals surface area contributed by atoms with Gasteiger partial charge in [0.25, 0.3) is 0 Å². The van der Waals surface area contributed by atoms with Crippen molar-refractivity contribution in [3.8, 4) is 0 Å². The molecule has 1 aromatic carbocycles. The van der Waals surface area contributed by atoms with Gasteiger partial charge in [0.2, 0.25) is 0 Å². The number of anilines is 1. The first-order valence-corrected chi connectivity index (χ1v) is 5.64. The number of ether oxygens (including phenoxy) is 1. The number of Topliss-reactive ketones (excluding diaryl/α,β-unsaturated/α-hetero) is 1. The first-order valence-electron chi connectivity index (χ1n) is 5.64. The van der Waals surface area contributed by atoms with E-state index < -0.39 is 0 Å². The minimum Gasteiger partial charge on any atom is -0.396 e. The van der Waals surface area contributed by atoms with Crippen molar-refractivity contribution in [2.24, 2.45) is 0 Å². The Bertz CT molecular complexity index is 342. The Morgan fingerprint density at radius 2 is 2.06 bits per heavy atom. The van der Waals surface area contributed by atoms with Gasteiger partial charge in [-0.25, -0.2) is 0 Å². The van der Waals surface area contributed by atoms with E-state index in [9.17, 15) is 4.79 Å². The minimum absolute atomic E-state index is 0.0559. The van der Waals surface area contributed by atoms with Crippen molar-refractivity contribution >= 4 is 11.5 Å². The Labute approximate surface area is 102 Å². The standard InChI is InChI=1S/C13H19NO3/c1-10(16)11-3-5-12(6-4-11)14-13(7-8-15)9-17-2/h3-6,13-15H,7-9H2,1-2H3. The van der Waals surface area contributed by atoms with Crippen LogP contribution in [0.5, 0.6) is 0 Å². The predicted molar refractivity (Wildman–Crippen MR) is 67.4 cm³/mol. The average molecular weight is 237 g/mol. The fraction of sp³-hybridized carbons (Fsp3) is 0.462. The molecule has 0 aromatic heterocycles. The minimum atomic E-state index is 0.0559. The molecule has 1 atom stereocenters. The number of benzene rings is 1. The molecule has 0 aliphatic rings. The van der Waals surface area contributed by atoms with E-state index >= 15 is 0 Å². The highest BCUT2D eigenvalue weighted by Gasteiger charge is 2.07. The number of carbonyl (C=O) groups excluding carboxylic acids is 1. The second-order valence-electron chi connectivity index (χ2n) is 3.94. The highest BCUT2D eigenvalue weighted by molar-refractivity contribution is 5.94. The predicted octanol–water partition coefficient (Wildman–Crippen LogP) is 1.70. The zero-order valence-corrected chi connectivity index (χ0v) is 10.3. The van der Waals surface area contributed by atoms with Crippen molar-refractivity contribution in [2.75, 3.05) is 25.6 Å². The molecule has 4 heteroatoms. The second-order valence-corrected chi connectivity index (χ2v) is 3.94. The summed E-state index contributed by atoms with van der Waals surface area (Å²) in [4.78, 5) is 11.1. The van der Waals surface area contributed by atoms with Crippen LogP contribution in [0.2, 0.25) is 0 Å². The van der Waals surface area contributed by atoms with Crippen LogP contribution in [0.1, 0.15) is 23.7 Å². The van der Waals surface area contributed by atoms with E-state index in [0.29, 0.717) is 18.6 Å². The van der Waals surface area contributed by atoms with Crippen molar-refractivity contribution < 1.29 is 14.6 Å². The zero-order chi connectivity index (χ0) is 12.7. The maximum atomic E-state index is 11.1. The normalized spacial score (nSPS) is 12.2. The van der Waals surface area contributed by atoms with Crippen molar-refractivity contribution in [1.29, 1.82) is 0 Å². The van der Waals surface area contributed by atoms with Crippen LogP contribution < -0.4 is 5.32 Å². The third kappa shape index (κ3) is 4.54. The van der Waals surface area contributed by atoms with Gasteiger partial charge in [0.05, 0.1) is 12.6 Å². The molecule has 0 radical (unpaired) electrons. The molecule has 4 nitrogen and oxygen atoms in total. The van der Waals surface area contributed by atoms with Crippen LogP contribution in [0.3, 0.4) is 0 Å². The van der Waals surface area contributed by atoms with Gasteiger partial charge in [0.1, 0.15) is 0 Å². The van der Waals surface area contributed by atoms with Crippen molar-refractivity contribution in [2.45, 2.75) is 19.4 Å². The summed E-state index contributed by atoms with van der Waals surface area (Å²) < 4.78 is 5.06. The van der Waals surface area contributed by atoms with Gasteiger partial charge in [0, 0.05) is 25.0 Å². The molecule has 2 N–H and O–H groups in total. The Morgan fingerprint density at radius 1 is 1.41 bits per heavy atom. The number of nitrogens with one attached hydrogen (secondary N) is 1. The molecule has 1 unspecified atom stereocenters. The van der Waals surface area contributed by atoms with E-state index in [-0.39, 0.29) is 18.4 Å². The van der Waals surface area contributed by atoms with Crippen molar-refractivity contribution in [1.82, 2.24) is 0 Å². The van der Waals surface area contributed by atoms with Crippen molar-refractivity contribution in [3.63, 3.8) is 0 Å². The Kier molecular flexibility index (Phi) is 5.66. The number of rotatable bonds is 7. The topological polar surface area (TPSA) is 58.6 Å². The summed E-state index contributed by atoms with van der Waals surface area (Å²) in [6.07, 6.45) is 0.627. The summed E-state index contributed by atoms with van der Waals surface area (Å²) in [5.74, 6) is 0.0559. The third-order valence-corrected chi connectivity index (χ3v) is 2.51. The number of aliphatic hydroxyl groups excluding tert-OH is 1. The van der Waals surface area contributed by atoms with Crippen molar-refractivity contribution in [3.05, 3.63) is 29.8 Å². The summed E-state index contributed by atoms with van der Waals surface area (Å²) in [6, 6.07) is 7.36. The summed E-state index contributed by atoms with van der Waals surface area (Å²) in [5, 5.41) is 12.2. The number of ketones is 1. The number of carbonyl (C=O) groups is 1. The number of methoxy groups -OCH3 is 1. The van der Waals surface area contributed by atoms with Gasteiger partial charge < -0.3 is 15.2 Å². The molecule has 1 rings (SSSR count). The molecule has 0 heterocycles. The Hall–Kier alpha value is -1.39. The molecule has 0 saturated heterocycles. The van der Waals surface area contributed by atoms with Gasteiger partial charge in [-0.1, -0.05) is 0 Å². The van der Waals surface area contributed by atoms with E-state index in [1.165, 1.54) is 0 Å². The molecule has 0 aliphatic heterocycles. The highest BCUT2D eigenvalue weighted by Crippen LogP contribution is 2.12. The fourth-order valence-corrected chi connectivity index (χ4v) is 1.59. The van der Waals surface area contributed by atoms with Gasteiger partial charge in [-0.05, 0) is 37.6 Å². The highest BCUT2D eigenvalue weighted by atomic mass is 16.5. The summed E-state index contributed by atoms with van der Waals surface area (Å²) >= 11 is 0. The second kappa shape index (κ2) is 7.04. The van der Waals surface area contributed by atoms with Gasteiger partial charge >= 0.3 is 0 Å². The lowest BCUT2D eigenvalue weighted by Crippen LogP contribution is -2.26. The molecule has 0 saturated carbocycles. The molecule has 94 valence electrons. The molecule has 17 heavy (non-hydrogen) atoms. The lowest BCUT2D eigenvalue weighted by molar-refractivity contribution is 0.101. The van der Waals surface area contributed by atoms with E-state index in [1.54, 1.807) is 26.2 Å². The van der Waals surface area contributed by atoms with E-state index in [0.717, 1.165) is 5.69 Å². The zero-order valence-electron chi connectivity index (χ0n) is 10.3. The van der Waals surface area contributed by atoms with Crippen LogP contribution in [0.15, 0.2) is 24.3 Å². The monoisotopic (exact) mass is 237 g/mol. The van der Waals surface area contributed by atoms with Gasteiger partial charge in [-0.15, -0.1) is 0 Å².